The number of hydrogen-bond acceptors (Lipinski definition) is 5. The predicted octanol–water partition coefficient (Wildman–Crippen LogP) is 7.10. The van der Waals surface area contributed by atoms with Crippen LogP contribution in [0.1, 0.15) is 45.1 Å². The molecule has 0 unspecified atom stereocenters. The number of benzene rings is 2. The van der Waals surface area contributed by atoms with Crippen molar-refractivity contribution in [2.75, 3.05) is 6.61 Å². The third-order valence-corrected chi connectivity index (χ3v) is 5.65. The van der Waals surface area contributed by atoms with E-state index >= 15 is 0 Å². The van der Waals surface area contributed by atoms with Crippen LogP contribution in [-0.2, 0) is 4.74 Å². The van der Waals surface area contributed by atoms with Crippen molar-refractivity contribution in [2.24, 2.45) is 0 Å². The molecule has 0 radical (unpaired) electrons. The van der Waals surface area contributed by atoms with Gasteiger partial charge in [0.15, 0.2) is 5.69 Å². The molecule has 7 heteroatoms. The normalized spacial score (nSPS) is 11.3. The molecule has 0 bridgehead atoms. The molecule has 0 saturated carbocycles. The van der Waals surface area contributed by atoms with Crippen LogP contribution in [-0.4, -0.2) is 34.3 Å². The van der Waals surface area contributed by atoms with E-state index in [-0.39, 0.29) is 24.5 Å². The summed E-state index contributed by atoms with van der Waals surface area (Å²) in [7, 11) is 0. The number of rotatable bonds is 8. The van der Waals surface area contributed by atoms with E-state index in [2.05, 4.69) is 4.98 Å². The first-order chi connectivity index (χ1) is 16.8. The molecule has 4 rings (SSSR count). The lowest BCUT2D eigenvalue weighted by Gasteiger charge is -2.12. The minimum Gasteiger partial charge on any atom is -0.491 e. The van der Waals surface area contributed by atoms with Gasteiger partial charge in [-0.05, 0) is 76.1 Å². The van der Waals surface area contributed by atoms with Gasteiger partial charge in [-0.1, -0.05) is 29.8 Å². The summed E-state index contributed by atoms with van der Waals surface area (Å²) in [6, 6.07) is 17.5. The van der Waals surface area contributed by atoms with Crippen LogP contribution in [0.4, 0.5) is 0 Å². The molecule has 2 aromatic heterocycles. The van der Waals surface area contributed by atoms with Crippen LogP contribution in [0, 0.1) is 0 Å². The van der Waals surface area contributed by atoms with Gasteiger partial charge in [-0.2, -0.15) is 0 Å². The number of carbonyl (C=O) groups excluding carboxylic acids is 1. The van der Waals surface area contributed by atoms with Crippen molar-refractivity contribution in [1.82, 2.24) is 9.55 Å². The Morgan fingerprint density at radius 2 is 1.63 bits per heavy atom. The topological polar surface area (TPSA) is 62.6 Å². The van der Waals surface area contributed by atoms with E-state index in [4.69, 9.17) is 25.8 Å². The molecule has 4 aromatic rings. The Labute approximate surface area is 210 Å². The lowest BCUT2D eigenvalue weighted by Crippen LogP contribution is -2.12. The molecule has 0 fully saturated rings. The maximum absolute atomic E-state index is 12.9. The Hall–Kier alpha value is -3.51. The molecule has 0 N–H and O–H groups in total. The summed E-state index contributed by atoms with van der Waals surface area (Å²) in [4.78, 5) is 17.3. The van der Waals surface area contributed by atoms with E-state index in [0.717, 1.165) is 27.8 Å². The molecule has 0 saturated heterocycles. The first kappa shape index (κ1) is 24.6. The van der Waals surface area contributed by atoms with Crippen LogP contribution >= 0.6 is 11.6 Å². The number of aromatic nitrogens is 2. The molecule has 2 heterocycles. The van der Waals surface area contributed by atoms with Gasteiger partial charge in [-0.15, -0.1) is 0 Å². The quantitative estimate of drug-likeness (QED) is 0.245. The van der Waals surface area contributed by atoms with Gasteiger partial charge < -0.3 is 18.8 Å². The molecule has 0 amide bonds. The highest BCUT2D eigenvalue weighted by Crippen LogP contribution is 2.37. The molecular weight excluding hydrogens is 464 g/mol. The molecule has 182 valence electrons. The van der Waals surface area contributed by atoms with Crippen LogP contribution in [0.15, 0.2) is 60.8 Å². The number of fused-ring (bicyclic) bond motifs is 1. The fourth-order valence-electron chi connectivity index (χ4n) is 3.90. The molecule has 6 nitrogen and oxygen atoms in total. The molecule has 0 atom stereocenters. The lowest BCUT2D eigenvalue weighted by molar-refractivity contribution is 0.0517. The van der Waals surface area contributed by atoms with Gasteiger partial charge in [-0.25, -0.2) is 9.78 Å². The van der Waals surface area contributed by atoms with E-state index in [0.29, 0.717) is 16.6 Å². The number of hydrogen-bond donors (Lipinski definition) is 0. The van der Waals surface area contributed by atoms with E-state index < -0.39 is 5.97 Å². The predicted molar refractivity (Wildman–Crippen MR) is 139 cm³/mol. The average molecular weight is 493 g/mol. The lowest BCUT2D eigenvalue weighted by atomic mass is 10.0. The largest absolute Gasteiger partial charge is 0.491 e. The Kier molecular flexibility index (Phi) is 7.31. The summed E-state index contributed by atoms with van der Waals surface area (Å²) < 4.78 is 18.5. The van der Waals surface area contributed by atoms with Crippen molar-refractivity contribution < 1.29 is 19.0 Å². The van der Waals surface area contributed by atoms with E-state index in [1.165, 1.54) is 0 Å². The third kappa shape index (κ3) is 5.28. The Balaban J connectivity index is 1.81. The minimum absolute atomic E-state index is 0.00900. The number of ether oxygens (including phenoxy) is 3. The SMILES string of the molecule is CCOC(=O)c1c(Cl)c2cc(-c3ccc(OC(C)C)cc3)ccc2n1-c1ccc(OC(C)C)nc1. The number of esters is 1. The highest BCUT2D eigenvalue weighted by Gasteiger charge is 2.24. The standard InChI is InChI=1S/C28H29ClN2O4/c1-6-33-28(32)27-26(29)23-15-20(19-7-11-22(12-8-19)34-17(2)3)9-13-24(23)31(27)21-10-14-25(30-16-21)35-18(4)5/h7-18H,6H2,1-5H3. The maximum Gasteiger partial charge on any atom is 0.356 e. The van der Waals surface area contributed by atoms with Gasteiger partial charge >= 0.3 is 5.97 Å². The summed E-state index contributed by atoms with van der Waals surface area (Å²) in [5.41, 5.74) is 3.72. The zero-order valence-electron chi connectivity index (χ0n) is 20.5. The summed E-state index contributed by atoms with van der Waals surface area (Å²) >= 11 is 6.80. The number of nitrogens with zero attached hydrogens (tertiary/aromatic N) is 2. The van der Waals surface area contributed by atoms with Crippen molar-refractivity contribution in [3.63, 3.8) is 0 Å². The summed E-state index contributed by atoms with van der Waals surface area (Å²) in [5, 5.41) is 1.08. The first-order valence-corrected chi connectivity index (χ1v) is 12.1. The maximum atomic E-state index is 12.9. The zero-order valence-corrected chi connectivity index (χ0v) is 21.3. The number of carbonyl (C=O) groups is 1. The molecule has 0 aliphatic heterocycles. The Morgan fingerprint density at radius 1 is 0.943 bits per heavy atom. The van der Waals surface area contributed by atoms with Crippen molar-refractivity contribution >= 4 is 28.5 Å². The fourth-order valence-corrected chi connectivity index (χ4v) is 4.21. The molecule has 2 aromatic carbocycles. The van der Waals surface area contributed by atoms with Crippen LogP contribution < -0.4 is 9.47 Å². The second-order valence-electron chi connectivity index (χ2n) is 8.66. The second kappa shape index (κ2) is 10.4. The Bertz CT molecular complexity index is 1330. The molecule has 0 spiro atoms. The summed E-state index contributed by atoms with van der Waals surface area (Å²) in [6.45, 7) is 9.88. The van der Waals surface area contributed by atoms with E-state index in [9.17, 15) is 4.79 Å². The summed E-state index contributed by atoms with van der Waals surface area (Å²) in [5.74, 6) is 0.833. The van der Waals surface area contributed by atoms with E-state index in [1.54, 1.807) is 23.8 Å². The smallest absolute Gasteiger partial charge is 0.356 e. The monoisotopic (exact) mass is 492 g/mol. The average Bonchev–Trinajstić information content (AvgIpc) is 3.11. The fraction of sp³-hybridized carbons (Fsp3) is 0.286. The van der Waals surface area contributed by atoms with Crippen molar-refractivity contribution in [1.29, 1.82) is 0 Å². The third-order valence-electron chi connectivity index (χ3n) is 5.27. The second-order valence-corrected chi connectivity index (χ2v) is 9.04. The van der Waals surface area contributed by atoms with Gasteiger partial charge in [0.25, 0.3) is 0 Å². The van der Waals surface area contributed by atoms with Crippen LogP contribution in [0.5, 0.6) is 11.6 Å². The molecule has 35 heavy (non-hydrogen) atoms. The van der Waals surface area contributed by atoms with Crippen LogP contribution in [0.3, 0.4) is 0 Å². The van der Waals surface area contributed by atoms with Crippen molar-refractivity contribution in [2.45, 2.75) is 46.8 Å². The molecule has 0 aliphatic carbocycles. The van der Waals surface area contributed by atoms with Gasteiger partial charge in [0, 0.05) is 11.5 Å². The number of pyridine rings is 1. The minimum atomic E-state index is -0.493. The van der Waals surface area contributed by atoms with E-state index in [1.807, 2.05) is 76.2 Å². The van der Waals surface area contributed by atoms with Gasteiger partial charge in [0.2, 0.25) is 5.88 Å². The Morgan fingerprint density at radius 3 is 2.23 bits per heavy atom. The van der Waals surface area contributed by atoms with Gasteiger partial charge in [0.05, 0.1) is 41.2 Å². The molecular formula is C28H29ClN2O4. The first-order valence-electron chi connectivity index (χ1n) is 11.7. The highest BCUT2D eigenvalue weighted by atomic mass is 35.5. The van der Waals surface area contributed by atoms with Crippen LogP contribution in [0.25, 0.3) is 27.7 Å². The zero-order chi connectivity index (χ0) is 25.1. The van der Waals surface area contributed by atoms with Gasteiger partial charge in [-0.3, -0.25) is 0 Å². The van der Waals surface area contributed by atoms with Gasteiger partial charge in [0.1, 0.15) is 5.75 Å². The van der Waals surface area contributed by atoms with Crippen molar-refractivity contribution in [3.05, 3.63) is 71.5 Å². The molecule has 0 aliphatic rings. The summed E-state index contributed by atoms with van der Waals surface area (Å²) in [6.07, 6.45) is 1.78. The van der Waals surface area contributed by atoms with Crippen molar-refractivity contribution in [3.8, 4) is 28.4 Å². The number of halogens is 1. The highest BCUT2D eigenvalue weighted by molar-refractivity contribution is 6.39. The van der Waals surface area contributed by atoms with Crippen LogP contribution in [0.2, 0.25) is 5.02 Å².